The van der Waals surface area contributed by atoms with Gasteiger partial charge >= 0.3 is 5.97 Å². The van der Waals surface area contributed by atoms with Crippen molar-refractivity contribution in [3.63, 3.8) is 0 Å². The first-order valence-corrected chi connectivity index (χ1v) is 5.68. The fraction of sp³-hybridized carbons (Fsp3) is 0.333. The summed E-state index contributed by atoms with van der Waals surface area (Å²) in [6.07, 6.45) is -1.27. The molecule has 0 aliphatic carbocycles. The SMILES string of the molecule is COC(=O)C(O)CNC(=O)Cc1ccccc1Cl. The first-order chi connectivity index (χ1) is 8.54. The van der Waals surface area contributed by atoms with E-state index in [1.807, 2.05) is 0 Å². The summed E-state index contributed by atoms with van der Waals surface area (Å²) in [7, 11) is 1.16. The lowest BCUT2D eigenvalue weighted by Gasteiger charge is -2.10. The van der Waals surface area contributed by atoms with Gasteiger partial charge in [0.15, 0.2) is 6.10 Å². The highest BCUT2D eigenvalue weighted by atomic mass is 35.5. The summed E-state index contributed by atoms with van der Waals surface area (Å²) in [6, 6.07) is 6.97. The number of hydrogen-bond acceptors (Lipinski definition) is 4. The Bertz CT molecular complexity index is 436. The molecule has 1 aromatic carbocycles. The molecule has 1 aromatic rings. The zero-order valence-electron chi connectivity index (χ0n) is 9.85. The van der Waals surface area contributed by atoms with Crippen molar-refractivity contribution in [2.24, 2.45) is 0 Å². The summed E-state index contributed by atoms with van der Waals surface area (Å²) < 4.78 is 4.32. The Balaban J connectivity index is 2.43. The second kappa shape index (κ2) is 6.98. The maximum atomic E-state index is 11.5. The molecule has 1 atom stereocenters. The molecule has 2 N–H and O–H groups in total. The summed E-state index contributed by atoms with van der Waals surface area (Å²) in [6.45, 7) is -0.185. The van der Waals surface area contributed by atoms with Crippen molar-refractivity contribution >= 4 is 23.5 Å². The third-order valence-electron chi connectivity index (χ3n) is 2.27. The van der Waals surface area contributed by atoms with Crippen molar-refractivity contribution in [1.82, 2.24) is 5.32 Å². The average Bonchev–Trinajstić information content (AvgIpc) is 2.37. The molecule has 0 heterocycles. The highest BCUT2D eigenvalue weighted by Gasteiger charge is 2.16. The van der Waals surface area contributed by atoms with Gasteiger partial charge in [-0.25, -0.2) is 4.79 Å². The second-order valence-corrected chi connectivity index (χ2v) is 4.02. The highest BCUT2D eigenvalue weighted by Crippen LogP contribution is 2.15. The Kier molecular flexibility index (Phi) is 5.61. The van der Waals surface area contributed by atoms with Crippen LogP contribution in [-0.2, 0) is 20.7 Å². The number of methoxy groups -OCH3 is 1. The molecule has 0 radical (unpaired) electrons. The smallest absolute Gasteiger partial charge is 0.336 e. The van der Waals surface area contributed by atoms with Gasteiger partial charge < -0.3 is 15.2 Å². The van der Waals surface area contributed by atoms with Crippen LogP contribution in [0.25, 0.3) is 0 Å². The summed E-state index contributed by atoms with van der Waals surface area (Å²) in [5.41, 5.74) is 0.684. The van der Waals surface area contributed by atoms with Crippen LogP contribution in [0.5, 0.6) is 0 Å². The van der Waals surface area contributed by atoms with Gasteiger partial charge in [0.2, 0.25) is 5.91 Å². The summed E-state index contributed by atoms with van der Waals surface area (Å²) in [5, 5.41) is 12.2. The van der Waals surface area contributed by atoms with Crippen LogP contribution in [0.2, 0.25) is 5.02 Å². The number of aliphatic hydroxyl groups is 1. The monoisotopic (exact) mass is 271 g/mol. The molecule has 1 unspecified atom stereocenters. The van der Waals surface area contributed by atoms with Gasteiger partial charge in [-0.15, -0.1) is 0 Å². The van der Waals surface area contributed by atoms with Crippen molar-refractivity contribution in [2.75, 3.05) is 13.7 Å². The predicted molar refractivity (Wildman–Crippen MR) is 66.2 cm³/mol. The van der Waals surface area contributed by atoms with Gasteiger partial charge in [0.05, 0.1) is 20.1 Å². The number of halogens is 1. The van der Waals surface area contributed by atoms with Gasteiger partial charge in [-0.05, 0) is 11.6 Å². The van der Waals surface area contributed by atoms with Crippen LogP contribution in [0.1, 0.15) is 5.56 Å². The number of aliphatic hydroxyl groups excluding tert-OH is 1. The predicted octanol–water partition coefficient (Wildman–Crippen LogP) is 0.533. The molecule has 0 spiro atoms. The molecular formula is C12H14ClNO4. The third-order valence-corrected chi connectivity index (χ3v) is 2.64. The molecule has 5 nitrogen and oxygen atoms in total. The van der Waals surface area contributed by atoms with E-state index in [1.165, 1.54) is 0 Å². The fourth-order valence-corrected chi connectivity index (χ4v) is 1.51. The minimum absolute atomic E-state index is 0.0908. The van der Waals surface area contributed by atoms with Crippen molar-refractivity contribution in [1.29, 1.82) is 0 Å². The van der Waals surface area contributed by atoms with Gasteiger partial charge in [-0.3, -0.25) is 4.79 Å². The van der Waals surface area contributed by atoms with E-state index in [4.69, 9.17) is 11.6 Å². The number of carbonyl (C=O) groups excluding carboxylic acids is 2. The molecule has 0 bridgehead atoms. The minimum Gasteiger partial charge on any atom is -0.467 e. The van der Waals surface area contributed by atoms with Gasteiger partial charge in [0, 0.05) is 5.02 Å². The lowest BCUT2D eigenvalue weighted by Crippen LogP contribution is -2.37. The molecule has 1 rings (SSSR count). The third kappa shape index (κ3) is 4.35. The van der Waals surface area contributed by atoms with Crippen LogP contribution in [-0.4, -0.2) is 36.7 Å². The van der Waals surface area contributed by atoms with Crippen LogP contribution in [0.3, 0.4) is 0 Å². The summed E-state index contributed by atoms with van der Waals surface area (Å²) >= 11 is 5.90. The van der Waals surface area contributed by atoms with Crippen LogP contribution in [0, 0.1) is 0 Å². The average molecular weight is 272 g/mol. The Hall–Kier alpha value is -1.59. The van der Waals surface area contributed by atoms with E-state index in [1.54, 1.807) is 24.3 Å². The summed E-state index contributed by atoms with van der Waals surface area (Å²) in [5.74, 6) is -1.11. The number of nitrogens with one attached hydrogen (secondary N) is 1. The van der Waals surface area contributed by atoms with Crippen LogP contribution < -0.4 is 5.32 Å². The number of esters is 1. The van der Waals surface area contributed by atoms with E-state index in [9.17, 15) is 14.7 Å². The maximum absolute atomic E-state index is 11.5. The van der Waals surface area contributed by atoms with Crippen molar-refractivity contribution in [2.45, 2.75) is 12.5 Å². The molecular weight excluding hydrogens is 258 g/mol. The van der Waals surface area contributed by atoms with E-state index in [0.717, 1.165) is 7.11 Å². The van der Waals surface area contributed by atoms with Gasteiger partial charge in [-0.2, -0.15) is 0 Å². The molecule has 0 aliphatic rings. The molecule has 0 aromatic heterocycles. The molecule has 18 heavy (non-hydrogen) atoms. The van der Waals surface area contributed by atoms with Crippen molar-refractivity contribution in [3.8, 4) is 0 Å². The van der Waals surface area contributed by atoms with Crippen LogP contribution in [0.15, 0.2) is 24.3 Å². The second-order valence-electron chi connectivity index (χ2n) is 3.61. The summed E-state index contributed by atoms with van der Waals surface area (Å²) in [4.78, 5) is 22.4. The largest absolute Gasteiger partial charge is 0.467 e. The first-order valence-electron chi connectivity index (χ1n) is 5.30. The Morgan fingerprint density at radius 3 is 2.72 bits per heavy atom. The number of amides is 1. The maximum Gasteiger partial charge on any atom is 0.336 e. The molecule has 0 aliphatic heterocycles. The zero-order chi connectivity index (χ0) is 13.5. The Morgan fingerprint density at radius 2 is 2.11 bits per heavy atom. The first kappa shape index (κ1) is 14.5. The molecule has 0 fully saturated rings. The lowest BCUT2D eigenvalue weighted by atomic mass is 10.1. The van der Waals surface area contributed by atoms with E-state index in [0.29, 0.717) is 10.6 Å². The molecule has 0 saturated carbocycles. The van der Waals surface area contributed by atoms with Crippen molar-refractivity contribution < 1.29 is 19.4 Å². The quantitative estimate of drug-likeness (QED) is 0.766. The Morgan fingerprint density at radius 1 is 1.44 bits per heavy atom. The van der Waals surface area contributed by atoms with Crippen LogP contribution in [0.4, 0.5) is 0 Å². The normalized spacial score (nSPS) is 11.7. The molecule has 6 heteroatoms. The Labute approximate surface area is 110 Å². The molecule has 1 amide bonds. The van der Waals surface area contributed by atoms with Crippen molar-refractivity contribution in [3.05, 3.63) is 34.9 Å². The van der Waals surface area contributed by atoms with E-state index >= 15 is 0 Å². The van der Waals surface area contributed by atoms with Crippen LogP contribution >= 0.6 is 11.6 Å². The number of hydrogen-bond donors (Lipinski definition) is 2. The van der Waals surface area contributed by atoms with E-state index in [-0.39, 0.29) is 18.9 Å². The molecule has 98 valence electrons. The van der Waals surface area contributed by atoms with Gasteiger partial charge in [0.1, 0.15) is 0 Å². The number of benzene rings is 1. The van der Waals surface area contributed by atoms with E-state index < -0.39 is 12.1 Å². The zero-order valence-corrected chi connectivity index (χ0v) is 10.6. The highest BCUT2D eigenvalue weighted by molar-refractivity contribution is 6.31. The number of carbonyl (C=O) groups is 2. The molecule has 0 saturated heterocycles. The number of ether oxygens (including phenoxy) is 1. The van der Waals surface area contributed by atoms with Gasteiger partial charge in [0.25, 0.3) is 0 Å². The lowest BCUT2D eigenvalue weighted by molar-refractivity contribution is -0.150. The van der Waals surface area contributed by atoms with E-state index in [2.05, 4.69) is 10.1 Å². The fourth-order valence-electron chi connectivity index (χ4n) is 1.31. The standard InChI is InChI=1S/C12H14ClNO4/c1-18-12(17)10(15)7-14-11(16)6-8-4-2-3-5-9(8)13/h2-5,10,15H,6-7H2,1H3,(H,14,16). The van der Waals surface area contributed by atoms with Gasteiger partial charge in [-0.1, -0.05) is 29.8 Å². The minimum atomic E-state index is -1.36. The number of rotatable bonds is 5. The topological polar surface area (TPSA) is 75.6 Å².